The predicted molar refractivity (Wildman–Crippen MR) is 79.2 cm³/mol. The van der Waals surface area contributed by atoms with Gasteiger partial charge in [0.15, 0.2) is 0 Å². The number of nitrogens with zero attached hydrogens (tertiary/aromatic N) is 1. The SMILES string of the molecule is COc1ccc([C@@H](C2CCC2)N2CCNCC2)c(O)c1. The molecule has 1 aromatic carbocycles. The van der Waals surface area contributed by atoms with E-state index in [-0.39, 0.29) is 0 Å². The maximum atomic E-state index is 10.4. The molecule has 0 radical (unpaired) electrons. The summed E-state index contributed by atoms with van der Waals surface area (Å²) >= 11 is 0. The fourth-order valence-corrected chi connectivity index (χ4v) is 3.37. The van der Waals surface area contributed by atoms with Crippen LogP contribution in [0.2, 0.25) is 0 Å². The Morgan fingerprint density at radius 2 is 2.05 bits per heavy atom. The van der Waals surface area contributed by atoms with E-state index in [1.807, 2.05) is 12.1 Å². The minimum atomic E-state index is 0.358. The van der Waals surface area contributed by atoms with Crippen molar-refractivity contribution in [1.82, 2.24) is 10.2 Å². The summed E-state index contributed by atoms with van der Waals surface area (Å²) in [6, 6.07) is 6.10. The first-order valence-electron chi connectivity index (χ1n) is 7.61. The third-order valence-electron chi connectivity index (χ3n) is 4.70. The van der Waals surface area contributed by atoms with Crippen molar-refractivity contribution in [3.63, 3.8) is 0 Å². The molecule has 1 aromatic rings. The molecule has 4 heteroatoms. The average Bonchev–Trinajstić information content (AvgIpc) is 2.44. The predicted octanol–water partition coefficient (Wildman–Crippen LogP) is 2.15. The van der Waals surface area contributed by atoms with Crippen LogP contribution in [0.15, 0.2) is 18.2 Å². The van der Waals surface area contributed by atoms with Crippen LogP contribution in [0.4, 0.5) is 0 Å². The van der Waals surface area contributed by atoms with Crippen LogP contribution in [-0.2, 0) is 0 Å². The van der Waals surface area contributed by atoms with Crippen LogP contribution in [0.25, 0.3) is 0 Å². The molecule has 0 spiro atoms. The number of hydrogen-bond acceptors (Lipinski definition) is 4. The molecule has 2 N–H and O–H groups in total. The minimum absolute atomic E-state index is 0.358. The summed E-state index contributed by atoms with van der Waals surface area (Å²) in [5.41, 5.74) is 1.07. The smallest absolute Gasteiger partial charge is 0.124 e. The largest absolute Gasteiger partial charge is 0.507 e. The Balaban J connectivity index is 1.87. The second-order valence-corrected chi connectivity index (χ2v) is 5.85. The summed E-state index contributed by atoms with van der Waals surface area (Å²) in [7, 11) is 1.63. The number of phenolic OH excluding ortho intramolecular Hbond substituents is 1. The first-order valence-corrected chi connectivity index (χ1v) is 7.61. The van der Waals surface area contributed by atoms with Crippen LogP contribution in [-0.4, -0.2) is 43.3 Å². The minimum Gasteiger partial charge on any atom is -0.507 e. The van der Waals surface area contributed by atoms with Gasteiger partial charge in [-0.2, -0.15) is 0 Å². The van der Waals surface area contributed by atoms with Gasteiger partial charge in [-0.05, 0) is 24.8 Å². The second-order valence-electron chi connectivity index (χ2n) is 5.85. The van der Waals surface area contributed by atoms with Crippen molar-refractivity contribution in [1.29, 1.82) is 0 Å². The lowest BCUT2D eigenvalue weighted by atomic mass is 9.76. The van der Waals surface area contributed by atoms with Gasteiger partial charge in [0.25, 0.3) is 0 Å². The van der Waals surface area contributed by atoms with Crippen molar-refractivity contribution in [2.24, 2.45) is 5.92 Å². The lowest BCUT2D eigenvalue weighted by Crippen LogP contribution is -2.47. The van der Waals surface area contributed by atoms with Gasteiger partial charge in [0.1, 0.15) is 11.5 Å². The van der Waals surface area contributed by atoms with Gasteiger partial charge in [-0.3, -0.25) is 4.90 Å². The molecule has 0 aromatic heterocycles. The van der Waals surface area contributed by atoms with E-state index < -0.39 is 0 Å². The first-order chi connectivity index (χ1) is 9.79. The zero-order chi connectivity index (χ0) is 13.9. The van der Waals surface area contributed by atoms with E-state index in [0.29, 0.717) is 17.7 Å². The monoisotopic (exact) mass is 276 g/mol. The number of rotatable bonds is 4. The average molecular weight is 276 g/mol. The molecule has 0 bridgehead atoms. The number of piperazine rings is 1. The topological polar surface area (TPSA) is 44.7 Å². The van der Waals surface area contributed by atoms with E-state index in [1.54, 1.807) is 13.2 Å². The highest BCUT2D eigenvalue weighted by atomic mass is 16.5. The summed E-state index contributed by atoms with van der Waals surface area (Å²) in [5, 5.41) is 13.8. The maximum absolute atomic E-state index is 10.4. The molecule has 2 fully saturated rings. The van der Waals surface area contributed by atoms with E-state index >= 15 is 0 Å². The Kier molecular flexibility index (Phi) is 4.13. The molecule has 20 heavy (non-hydrogen) atoms. The Morgan fingerprint density at radius 1 is 1.30 bits per heavy atom. The molecule has 4 nitrogen and oxygen atoms in total. The number of phenols is 1. The van der Waals surface area contributed by atoms with Crippen molar-refractivity contribution in [3.8, 4) is 11.5 Å². The summed E-state index contributed by atoms with van der Waals surface area (Å²) in [5.74, 6) is 1.78. The van der Waals surface area contributed by atoms with Crippen LogP contribution >= 0.6 is 0 Å². The van der Waals surface area contributed by atoms with Gasteiger partial charge >= 0.3 is 0 Å². The van der Waals surface area contributed by atoms with Gasteiger partial charge in [-0.25, -0.2) is 0 Å². The molecule has 1 saturated carbocycles. The summed E-state index contributed by atoms with van der Waals surface area (Å²) < 4.78 is 5.19. The van der Waals surface area contributed by atoms with Crippen LogP contribution in [0.3, 0.4) is 0 Å². The number of hydrogen-bond donors (Lipinski definition) is 2. The summed E-state index contributed by atoms with van der Waals surface area (Å²) in [6.45, 7) is 4.21. The zero-order valence-corrected chi connectivity index (χ0v) is 12.1. The van der Waals surface area contributed by atoms with E-state index in [4.69, 9.17) is 4.74 Å². The van der Waals surface area contributed by atoms with Gasteiger partial charge < -0.3 is 15.2 Å². The van der Waals surface area contributed by atoms with Crippen LogP contribution in [0.5, 0.6) is 11.5 Å². The van der Waals surface area contributed by atoms with E-state index in [9.17, 15) is 5.11 Å². The third-order valence-corrected chi connectivity index (χ3v) is 4.70. The van der Waals surface area contributed by atoms with Crippen molar-refractivity contribution in [2.45, 2.75) is 25.3 Å². The number of aromatic hydroxyl groups is 1. The highest BCUT2D eigenvalue weighted by molar-refractivity contribution is 5.42. The van der Waals surface area contributed by atoms with Gasteiger partial charge in [0.2, 0.25) is 0 Å². The molecular formula is C16H24N2O2. The molecule has 1 aliphatic carbocycles. The summed E-state index contributed by atoms with van der Waals surface area (Å²) in [4.78, 5) is 2.53. The number of nitrogens with one attached hydrogen (secondary N) is 1. The van der Waals surface area contributed by atoms with Crippen molar-refractivity contribution < 1.29 is 9.84 Å². The van der Waals surface area contributed by atoms with E-state index in [2.05, 4.69) is 10.2 Å². The van der Waals surface area contributed by atoms with Gasteiger partial charge in [-0.1, -0.05) is 12.5 Å². The second kappa shape index (κ2) is 6.02. The fraction of sp³-hybridized carbons (Fsp3) is 0.625. The van der Waals surface area contributed by atoms with Gasteiger partial charge in [0, 0.05) is 43.9 Å². The molecule has 110 valence electrons. The molecule has 3 rings (SSSR count). The van der Waals surface area contributed by atoms with Gasteiger partial charge in [0.05, 0.1) is 7.11 Å². The van der Waals surface area contributed by atoms with Crippen LogP contribution in [0, 0.1) is 5.92 Å². The Bertz CT molecular complexity index is 454. The lowest BCUT2D eigenvalue weighted by molar-refractivity contribution is 0.0819. The number of benzene rings is 1. The molecule has 1 saturated heterocycles. The lowest BCUT2D eigenvalue weighted by Gasteiger charge is -2.43. The molecule has 1 atom stereocenters. The normalized spacial score (nSPS) is 22.2. The standard InChI is InChI=1S/C16H24N2O2/c1-20-13-5-6-14(15(19)11-13)16(12-3-2-4-12)18-9-7-17-8-10-18/h5-6,11-12,16-17,19H,2-4,7-10H2,1H3/t16-/m1/s1. The fourth-order valence-electron chi connectivity index (χ4n) is 3.37. The third kappa shape index (κ3) is 2.63. The molecule has 0 amide bonds. The highest BCUT2D eigenvalue weighted by Gasteiger charge is 2.34. The highest BCUT2D eigenvalue weighted by Crippen LogP contribution is 2.44. The Hall–Kier alpha value is -1.26. The molecule has 0 unspecified atom stereocenters. The van der Waals surface area contributed by atoms with E-state index in [0.717, 1.165) is 37.5 Å². The van der Waals surface area contributed by atoms with Gasteiger partial charge in [-0.15, -0.1) is 0 Å². The quantitative estimate of drug-likeness (QED) is 0.884. The van der Waals surface area contributed by atoms with Crippen molar-refractivity contribution >= 4 is 0 Å². The van der Waals surface area contributed by atoms with Crippen LogP contribution in [0.1, 0.15) is 30.9 Å². The molecule has 1 aliphatic heterocycles. The molecular weight excluding hydrogens is 252 g/mol. The zero-order valence-electron chi connectivity index (χ0n) is 12.1. The molecule has 2 aliphatic rings. The van der Waals surface area contributed by atoms with Crippen molar-refractivity contribution in [3.05, 3.63) is 23.8 Å². The first kappa shape index (κ1) is 13.7. The Morgan fingerprint density at radius 3 is 2.60 bits per heavy atom. The van der Waals surface area contributed by atoms with Crippen LogP contribution < -0.4 is 10.1 Å². The van der Waals surface area contributed by atoms with E-state index in [1.165, 1.54) is 19.3 Å². The van der Waals surface area contributed by atoms with Crippen molar-refractivity contribution in [2.75, 3.05) is 33.3 Å². The number of ether oxygens (including phenoxy) is 1. The molecule has 1 heterocycles. The maximum Gasteiger partial charge on any atom is 0.124 e. The number of methoxy groups -OCH3 is 1. The summed E-state index contributed by atoms with van der Waals surface area (Å²) in [6.07, 6.45) is 3.88. The Labute approximate surface area is 120 Å².